The Morgan fingerprint density at radius 2 is 1.93 bits per heavy atom. The van der Waals surface area contributed by atoms with Gasteiger partial charge in [-0.05, 0) is 30.3 Å². The number of H-pyrrole nitrogens is 1. The van der Waals surface area contributed by atoms with Gasteiger partial charge in [0.1, 0.15) is 17.0 Å². The second-order valence-corrected chi connectivity index (χ2v) is 6.77. The minimum atomic E-state index is -0.00453. The molecule has 0 saturated carbocycles. The highest BCUT2D eigenvalue weighted by Gasteiger charge is 2.19. The molecular formula is C21H18N4O3. The number of morpholine rings is 1. The second-order valence-electron chi connectivity index (χ2n) is 6.77. The summed E-state index contributed by atoms with van der Waals surface area (Å²) in [7, 11) is 0. The lowest BCUT2D eigenvalue weighted by molar-refractivity contribution is 0.0303. The first-order valence-electron chi connectivity index (χ1n) is 9.15. The molecule has 140 valence electrons. The van der Waals surface area contributed by atoms with Crippen LogP contribution >= 0.6 is 0 Å². The molecule has 1 amide bonds. The lowest BCUT2D eigenvalue weighted by Crippen LogP contribution is -2.40. The van der Waals surface area contributed by atoms with Gasteiger partial charge in [0.15, 0.2) is 5.82 Å². The van der Waals surface area contributed by atoms with Crippen LogP contribution in [0.2, 0.25) is 0 Å². The van der Waals surface area contributed by atoms with Crippen molar-refractivity contribution < 1.29 is 14.6 Å². The molecule has 0 aliphatic carbocycles. The number of hydrogen-bond donors (Lipinski definition) is 2. The van der Waals surface area contributed by atoms with E-state index in [9.17, 15) is 9.90 Å². The number of nitrogens with one attached hydrogen (secondary N) is 1. The van der Waals surface area contributed by atoms with E-state index in [1.54, 1.807) is 23.1 Å². The standard InChI is InChI=1S/C21H18N4O3/c26-18-3-1-2-13-4-7-16(22-19(13)18)20-23-15-6-5-14(12-17(15)24-20)21(27)25-8-10-28-11-9-25/h1-7,12,26H,8-11H2,(H,23,24). The van der Waals surface area contributed by atoms with Crippen molar-refractivity contribution in [2.45, 2.75) is 0 Å². The number of carbonyl (C=O) groups excluding carboxylic acids is 1. The number of carbonyl (C=O) groups is 1. The van der Waals surface area contributed by atoms with Crippen LogP contribution in [-0.2, 0) is 4.74 Å². The van der Waals surface area contributed by atoms with Crippen molar-refractivity contribution in [3.05, 3.63) is 54.1 Å². The first kappa shape index (κ1) is 16.7. The largest absolute Gasteiger partial charge is 0.506 e. The molecule has 0 unspecified atom stereocenters. The molecule has 2 aromatic carbocycles. The zero-order chi connectivity index (χ0) is 19.1. The van der Waals surface area contributed by atoms with E-state index >= 15 is 0 Å². The summed E-state index contributed by atoms with van der Waals surface area (Å²) in [5.74, 6) is 0.722. The van der Waals surface area contributed by atoms with Gasteiger partial charge < -0.3 is 19.7 Å². The number of hydrogen-bond acceptors (Lipinski definition) is 5. The van der Waals surface area contributed by atoms with Crippen LogP contribution in [0, 0.1) is 0 Å². The lowest BCUT2D eigenvalue weighted by Gasteiger charge is -2.26. The van der Waals surface area contributed by atoms with E-state index in [0.29, 0.717) is 48.9 Å². The molecule has 1 saturated heterocycles. The Labute approximate surface area is 160 Å². The quantitative estimate of drug-likeness (QED) is 0.563. The number of nitrogens with zero attached hydrogens (tertiary/aromatic N) is 3. The van der Waals surface area contributed by atoms with Crippen molar-refractivity contribution in [1.82, 2.24) is 19.9 Å². The van der Waals surface area contributed by atoms with E-state index in [1.165, 1.54) is 0 Å². The van der Waals surface area contributed by atoms with Gasteiger partial charge in [0.25, 0.3) is 5.91 Å². The summed E-state index contributed by atoms with van der Waals surface area (Å²) < 4.78 is 5.31. The lowest BCUT2D eigenvalue weighted by atomic mass is 10.1. The molecule has 1 aliphatic heterocycles. The van der Waals surface area contributed by atoms with Crippen LogP contribution in [0.3, 0.4) is 0 Å². The fourth-order valence-corrected chi connectivity index (χ4v) is 3.48. The number of aromatic hydroxyl groups is 1. The summed E-state index contributed by atoms with van der Waals surface area (Å²) >= 11 is 0. The van der Waals surface area contributed by atoms with Gasteiger partial charge in [0.2, 0.25) is 0 Å². The summed E-state index contributed by atoms with van der Waals surface area (Å²) in [6, 6.07) is 14.5. The zero-order valence-electron chi connectivity index (χ0n) is 15.1. The number of pyridine rings is 1. The number of aromatic nitrogens is 3. The minimum absolute atomic E-state index is 0.00453. The highest BCUT2D eigenvalue weighted by Crippen LogP contribution is 2.26. The van der Waals surface area contributed by atoms with Gasteiger partial charge in [-0.2, -0.15) is 0 Å². The first-order valence-corrected chi connectivity index (χ1v) is 9.15. The Bertz CT molecular complexity index is 1190. The maximum atomic E-state index is 12.7. The Morgan fingerprint density at radius 3 is 2.79 bits per heavy atom. The molecule has 0 bridgehead atoms. The highest BCUT2D eigenvalue weighted by molar-refractivity contribution is 5.98. The molecule has 28 heavy (non-hydrogen) atoms. The summed E-state index contributed by atoms with van der Waals surface area (Å²) in [5, 5.41) is 10.9. The van der Waals surface area contributed by atoms with Gasteiger partial charge in [-0.3, -0.25) is 4.79 Å². The zero-order valence-corrected chi connectivity index (χ0v) is 15.1. The van der Waals surface area contributed by atoms with Crippen molar-refractivity contribution in [2.75, 3.05) is 26.3 Å². The third-order valence-corrected chi connectivity index (χ3v) is 4.97. The third-order valence-electron chi connectivity index (χ3n) is 4.97. The number of phenols is 1. The fraction of sp³-hybridized carbons (Fsp3) is 0.190. The minimum Gasteiger partial charge on any atom is -0.506 e. The number of aromatic amines is 1. The van der Waals surface area contributed by atoms with Crippen LogP contribution in [0.5, 0.6) is 5.75 Å². The van der Waals surface area contributed by atoms with Gasteiger partial charge in [0, 0.05) is 24.0 Å². The van der Waals surface area contributed by atoms with Gasteiger partial charge in [-0.15, -0.1) is 0 Å². The Kier molecular flexibility index (Phi) is 3.95. The van der Waals surface area contributed by atoms with Crippen LogP contribution in [0.4, 0.5) is 0 Å². The van der Waals surface area contributed by atoms with E-state index in [2.05, 4.69) is 15.0 Å². The average molecular weight is 374 g/mol. The van der Waals surface area contributed by atoms with Crippen molar-refractivity contribution in [2.24, 2.45) is 0 Å². The normalized spacial score (nSPS) is 14.6. The molecule has 0 spiro atoms. The molecule has 3 heterocycles. The number of benzene rings is 2. The van der Waals surface area contributed by atoms with Crippen molar-refractivity contribution in [1.29, 1.82) is 0 Å². The van der Waals surface area contributed by atoms with E-state index in [1.807, 2.05) is 30.3 Å². The number of para-hydroxylation sites is 1. The first-order chi connectivity index (χ1) is 13.7. The average Bonchev–Trinajstić information content (AvgIpc) is 3.17. The van der Waals surface area contributed by atoms with Crippen LogP contribution in [0.15, 0.2) is 48.5 Å². The molecule has 0 atom stereocenters. The van der Waals surface area contributed by atoms with Gasteiger partial charge in [0.05, 0.1) is 24.2 Å². The van der Waals surface area contributed by atoms with E-state index in [0.717, 1.165) is 16.4 Å². The summed E-state index contributed by atoms with van der Waals surface area (Å²) in [5.41, 5.74) is 3.31. The van der Waals surface area contributed by atoms with E-state index < -0.39 is 0 Å². The van der Waals surface area contributed by atoms with Crippen LogP contribution in [0.25, 0.3) is 33.5 Å². The maximum absolute atomic E-state index is 12.7. The number of amides is 1. The number of imidazole rings is 1. The molecule has 7 heteroatoms. The highest BCUT2D eigenvalue weighted by atomic mass is 16.5. The molecule has 4 aromatic rings. The molecule has 2 N–H and O–H groups in total. The molecule has 7 nitrogen and oxygen atoms in total. The number of rotatable bonds is 2. The van der Waals surface area contributed by atoms with Gasteiger partial charge in [-0.25, -0.2) is 9.97 Å². The van der Waals surface area contributed by atoms with Gasteiger partial charge >= 0.3 is 0 Å². The monoisotopic (exact) mass is 374 g/mol. The molecular weight excluding hydrogens is 356 g/mol. The molecule has 5 rings (SSSR count). The van der Waals surface area contributed by atoms with E-state index in [-0.39, 0.29) is 11.7 Å². The number of ether oxygens (including phenoxy) is 1. The van der Waals surface area contributed by atoms with Crippen LogP contribution in [-0.4, -0.2) is 57.2 Å². The van der Waals surface area contributed by atoms with Crippen LogP contribution in [0.1, 0.15) is 10.4 Å². The molecule has 0 radical (unpaired) electrons. The van der Waals surface area contributed by atoms with Crippen LogP contribution < -0.4 is 0 Å². The molecule has 1 aliphatic rings. The summed E-state index contributed by atoms with van der Waals surface area (Å²) in [4.78, 5) is 26.9. The van der Waals surface area contributed by atoms with Crippen molar-refractivity contribution in [3.8, 4) is 17.3 Å². The Hall–Kier alpha value is -3.45. The Balaban J connectivity index is 1.51. The topological polar surface area (TPSA) is 91.3 Å². The fourth-order valence-electron chi connectivity index (χ4n) is 3.48. The summed E-state index contributed by atoms with van der Waals surface area (Å²) in [6.45, 7) is 2.36. The number of phenolic OH excluding ortho intramolecular Hbond substituents is 1. The third kappa shape index (κ3) is 2.86. The van der Waals surface area contributed by atoms with Crippen molar-refractivity contribution in [3.63, 3.8) is 0 Å². The van der Waals surface area contributed by atoms with Crippen molar-refractivity contribution >= 4 is 27.8 Å². The van der Waals surface area contributed by atoms with E-state index in [4.69, 9.17) is 4.74 Å². The number of fused-ring (bicyclic) bond motifs is 2. The Morgan fingerprint density at radius 1 is 1.07 bits per heavy atom. The second kappa shape index (κ2) is 6.61. The smallest absolute Gasteiger partial charge is 0.254 e. The molecule has 1 fully saturated rings. The predicted molar refractivity (Wildman–Crippen MR) is 105 cm³/mol. The van der Waals surface area contributed by atoms with Gasteiger partial charge in [-0.1, -0.05) is 18.2 Å². The maximum Gasteiger partial charge on any atom is 0.254 e. The SMILES string of the molecule is O=C(c1ccc2nc(-c3ccc4cccc(O)c4n3)[nH]c2c1)N1CCOCC1. The predicted octanol–water partition coefficient (Wildman–Crippen LogP) is 2.96. The summed E-state index contributed by atoms with van der Waals surface area (Å²) in [6.07, 6.45) is 0. The molecule has 2 aromatic heterocycles.